The van der Waals surface area contributed by atoms with Crippen molar-refractivity contribution in [2.75, 3.05) is 19.0 Å². The molecular formula is C20H23N3O4S. The van der Waals surface area contributed by atoms with Crippen molar-refractivity contribution in [1.82, 2.24) is 9.71 Å². The fraction of sp³-hybridized carbons (Fsp3) is 0.400. The molecule has 1 aromatic carbocycles. The number of benzene rings is 1. The molecule has 0 saturated heterocycles. The van der Waals surface area contributed by atoms with Gasteiger partial charge >= 0.3 is 0 Å². The first-order valence-electron chi connectivity index (χ1n) is 9.31. The third-order valence-electron chi connectivity index (χ3n) is 5.45. The SMILES string of the molecule is COc1ncc(C)cc1C1(C(=O)NS(=O)(=O)c2cccc3c2CCCN3)CC1. The van der Waals surface area contributed by atoms with E-state index < -0.39 is 21.3 Å². The standard InChI is InChI=1S/C20H23N3O4S/c1-13-11-15(18(27-2)22-12-13)20(8-9-20)19(24)23-28(25,26)17-7-3-6-16-14(17)5-4-10-21-16/h3,6-7,11-12,21H,4-5,8-10H2,1-2H3,(H,23,24). The monoisotopic (exact) mass is 401 g/mol. The molecule has 2 aromatic rings. The molecule has 8 heteroatoms. The Bertz CT molecular complexity index is 1050. The van der Waals surface area contributed by atoms with E-state index in [9.17, 15) is 13.2 Å². The number of fused-ring (bicyclic) bond motifs is 1. The number of aromatic nitrogens is 1. The smallest absolute Gasteiger partial charge is 0.264 e. The maximum Gasteiger partial charge on any atom is 0.264 e. The summed E-state index contributed by atoms with van der Waals surface area (Å²) in [5.41, 5.74) is 2.16. The molecule has 2 N–H and O–H groups in total. The van der Waals surface area contributed by atoms with Gasteiger partial charge in [0.15, 0.2) is 0 Å². The molecule has 148 valence electrons. The van der Waals surface area contributed by atoms with E-state index in [0.29, 0.717) is 30.7 Å². The quantitative estimate of drug-likeness (QED) is 0.798. The Morgan fingerprint density at radius 1 is 1.32 bits per heavy atom. The van der Waals surface area contributed by atoms with Crippen molar-refractivity contribution in [1.29, 1.82) is 0 Å². The van der Waals surface area contributed by atoms with Gasteiger partial charge in [0.2, 0.25) is 11.8 Å². The second-order valence-corrected chi connectivity index (χ2v) is 9.05. The van der Waals surface area contributed by atoms with Crippen LogP contribution in [0.1, 0.15) is 36.0 Å². The van der Waals surface area contributed by atoms with E-state index in [2.05, 4.69) is 15.0 Å². The molecule has 2 aliphatic rings. The van der Waals surface area contributed by atoms with Gasteiger partial charge in [-0.25, -0.2) is 18.1 Å². The molecular weight excluding hydrogens is 378 g/mol. The van der Waals surface area contributed by atoms with Crippen LogP contribution in [0.3, 0.4) is 0 Å². The number of aryl methyl sites for hydroxylation is 1. The molecule has 1 amide bonds. The highest BCUT2D eigenvalue weighted by molar-refractivity contribution is 7.90. The average Bonchev–Trinajstić information content (AvgIpc) is 3.49. The summed E-state index contributed by atoms with van der Waals surface area (Å²) < 4.78 is 33.7. The minimum absolute atomic E-state index is 0.163. The first-order valence-corrected chi connectivity index (χ1v) is 10.8. The third-order valence-corrected chi connectivity index (χ3v) is 6.87. The van der Waals surface area contributed by atoms with Gasteiger partial charge in [-0.05, 0) is 61.9 Å². The Morgan fingerprint density at radius 2 is 2.11 bits per heavy atom. The number of nitrogens with one attached hydrogen (secondary N) is 2. The van der Waals surface area contributed by atoms with Crippen LogP contribution in [0.4, 0.5) is 5.69 Å². The normalized spacial score (nSPS) is 17.2. The predicted molar refractivity (Wildman–Crippen MR) is 105 cm³/mol. The molecule has 1 aliphatic carbocycles. The zero-order valence-electron chi connectivity index (χ0n) is 15.9. The zero-order valence-corrected chi connectivity index (χ0v) is 16.7. The number of hydrogen-bond donors (Lipinski definition) is 2. The molecule has 1 aliphatic heterocycles. The largest absolute Gasteiger partial charge is 0.481 e. The van der Waals surface area contributed by atoms with Gasteiger partial charge in [-0.3, -0.25) is 4.79 Å². The molecule has 1 saturated carbocycles. The van der Waals surface area contributed by atoms with E-state index in [1.165, 1.54) is 7.11 Å². The highest BCUT2D eigenvalue weighted by Gasteiger charge is 2.54. The number of carbonyl (C=O) groups is 1. The molecule has 7 nitrogen and oxygen atoms in total. The van der Waals surface area contributed by atoms with Gasteiger partial charge in [0.05, 0.1) is 17.4 Å². The molecule has 0 bridgehead atoms. The number of anilines is 1. The number of nitrogens with zero attached hydrogens (tertiary/aromatic N) is 1. The van der Waals surface area contributed by atoms with Crippen molar-refractivity contribution in [3.8, 4) is 5.88 Å². The molecule has 0 atom stereocenters. The van der Waals surface area contributed by atoms with Crippen LogP contribution in [0, 0.1) is 6.92 Å². The van der Waals surface area contributed by atoms with E-state index in [4.69, 9.17) is 4.74 Å². The summed E-state index contributed by atoms with van der Waals surface area (Å²) in [5, 5.41) is 3.22. The van der Waals surface area contributed by atoms with Gasteiger partial charge < -0.3 is 10.1 Å². The topological polar surface area (TPSA) is 97.4 Å². The summed E-state index contributed by atoms with van der Waals surface area (Å²) in [6.07, 6.45) is 4.29. The number of pyridine rings is 1. The second-order valence-electron chi connectivity index (χ2n) is 7.40. The van der Waals surface area contributed by atoms with Crippen molar-refractivity contribution in [3.05, 3.63) is 47.2 Å². The molecule has 1 fully saturated rings. The Morgan fingerprint density at radius 3 is 2.82 bits per heavy atom. The Labute approximate surface area is 164 Å². The Kier molecular flexibility index (Phi) is 4.53. The first kappa shape index (κ1) is 18.7. The van der Waals surface area contributed by atoms with E-state index in [1.807, 2.05) is 19.1 Å². The lowest BCUT2D eigenvalue weighted by Gasteiger charge is -2.22. The Balaban J connectivity index is 1.67. The van der Waals surface area contributed by atoms with Crippen molar-refractivity contribution < 1.29 is 17.9 Å². The van der Waals surface area contributed by atoms with Crippen LogP contribution in [0.15, 0.2) is 35.4 Å². The van der Waals surface area contributed by atoms with Gasteiger partial charge in [0, 0.05) is 24.0 Å². The van der Waals surface area contributed by atoms with Gasteiger partial charge in [-0.1, -0.05) is 6.07 Å². The van der Waals surface area contributed by atoms with Gasteiger partial charge in [-0.2, -0.15) is 0 Å². The molecule has 1 aromatic heterocycles. The molecule has 0 radical (unpaired) electrons. The minimum atomic E-state index is -3.98. The number of amides is 1. The molecule has 2 heterocycles. The lowest BCUT2D eigenvalue weighted by atomic mass is 9.95. The van der Waals surface area contributed by atoms with Crippen LogP contribution >= 0.6 is 0 Å². The number of methoxy groups -OCH3 is 1. The highest BCUT2D eigenvalue weighted by Crippen LogP contribution is 2.51. The molecule has 0 unspecified atom stereocenters. The fourth-order valence-electron chi connectivity index (χ4n) is 3.81. The number of ether oxygens (including phenoxy) is 1. The van der Waals surface area contributed by atoms with Crippen LogP contribution in [0.5, 0.6) is 5.88 Å². The van der Waals surface area contributed by atoms with Crippen molar-refractivity contribution in [3.63, 3.8) is 0 Å². The first-order chi connectivity index (χ1) is 13.4. The van der Waals surface area contributed by atoms with E-state index >= 15 is 0 Å². The lowest BCUT2D eigenvalue weighted by Crippen LogP contribution is -2.39. The van der Waals surface area contributed by atoms with Crippen LogP contribution in [0.2, 0.25) is 0 Å². The lowest BCUT2D eigenvalue weighted by molar-refractivity contribution is -0.121. The summed E-state index contributed by atoms with van der Waals surface area (Å²) in [6.45, 7) is 2.69. The van der Waals surface area contributed by atoms with E-state index in [-0.39, 0.29) is 4.90 Å². The summed E-state index contributed by atoms with van der Waals surface area (Å²) in [6, 6.07) is 6.95. The maximum atomic E-state index is 13.1. The summed E-state index contributed by atoms with van der Waals surface area (Å²) >= 11 is 0. The summed E-state index contributed by atoms with van der Waals surface area (Å²) in [5.74, 6) is -0.170. The fourth-order valence-corrected chi connectivity index (χ4v) is 5.15. The van der Waals surface area contributed by atoms with Crippen molar-refractivity contribution >= 4 is 21.6 Å². The predicted octanol–water partition coefficient (Wildman–Crippen LogP) is 2.29. The van der Waals surface area contributed by atoms with Crippen molar-refractivity contribution in [2.24, 2.45) is 0 Å². The number of rotatable bonds is 5. The van der Waals surface area contributed by atoms with Gasteiger partial charge in [0.1, 0.15) is 0 Å². The minimum Gasteiger partial charge on any atom is -0.481 e. The maximum absolute atomic E-state index is 13.1. The molecule has 28 heavy (non-hydrogen) atoms. The Hall–Kier alpha value is -2.61. The van der Waals surface area contributed by atoms with Gasteiger partial charge in [-0.15, -0.1) is 0 Å². The molecule has 4 rings (SSSR count). The van der Waals surface area contributed by atoms with E-state index in [1.54, 1.807) is 18.3 Å². The van der Waals surface area contributed by atoms with Crippen molar-refractivity contribution in [2.45, 2.75) is 42.9 Å². The number of carbonyl (C=O) groups excluding carboxylic acids is 1. The van der Waals surface area contributed by atoms with Crippen LogP contribution in [0.25, 0.3) is 0 Å². The third kappa shape index (κ3) is 3.11. The average molecular weight is 401 g/mol. The zero-order chi connectivity index (χ0) is 19.9. The number of sulfonamides is 1. The van der Waals surface area contributed by atoms with Gasteiger partial charge in [0.25, 0.3) is 10.0 Å². The van der Waals surface area contributed by atoms with Crippen LogP contribution in [-0.4, -0.2) is 33.0 Å². The van der Waals surface area contributed by atoms with Crippen LogP contribution < -0.4 is 14.8 Å². The highest BCUT2D eigenvalue weighted by atomic mass is 32.2. The summed E-state index contributed by atoms with van der Waals surface area (Å²) in [4.78, 5) is 17.5. The molecule has 0 spiro atoms. The van der Waals surface area contributed by atoms with E-state index in [0.717, 1.165) is 29.8 Å². The number of hydrogen-bond acceptors (Lipinski definition) is 6. The summed E-state index contributed by atoms with van der Waals surface area (Å²) in [7, 11) is -2.49. The second kappa shape index (κ2) is 6.77. The van der Waals surface area contributed by atoms with Crippen LogP contribution in [-0.2, 0) is 26.7 Å².